The predicted octanol–water partition coefficient (Wildman–Crippen LogP) is 0.840. The molecule has 2 N–H and O–H groups in total. The molecule has 0 aliphatic heterocycles. The first-order chi connectivity index (χ1) is 9.53. The van der Waals surface area contributed by atoms with E-state index < -0.39 is 9.84 Å². The standard InChI is InChI=1S/C12H16N4O2S2/c1-16-12(14-9-15-16)19-6-7-20(17,18)11-4-2-10(8-13)3-5-11/h2-5,9H,6-8,13H2,1H3. The maximum atomic E-state index is 12.2. The maximum Gasteiger partial charge on any atom is 0.185 e. The van der Waals surface area contributed by atoms with E-state index >= 15 is 0 Å². The Morgan fingerprint density at radius 1 is 1.30 bits per heavy atom. The van der Waals surface area contributed by atoms with Crippen molar-refractivity contribution < 1.29 is 8.42 Å². The quantitative estimate of drug-likeness (QED) is 0.795. The highest BCUT2D eigenvalue weighted by Gasteiger charge is 2.14. The Morgan fingerprint density at radius 3 is 2.55 bits per heavy atom. The second-order valence-electron chi connectivity index (χ2n) is 4.18. The summed E-state index contributed by atoms with van der Waals surface area (Å²) in [5.41, 5.74) is 6.40. The number of rotatable bonds is 6. The lowest BCUT2D eigenvalue weighted by Crippen LogP contribution is -2.09. The molecule has 2 rings (SSSR count). The van der Waals surface area contributed by atoms with Gasteiger partial charge in [-0.05, 0) is 17.7 Å². The third-order valence-corrected chi connectivity index (χ3v) is 5.80. The molecule has 1 aromatic heterocycles. The second-order valence-corrected chi connectivity index (χ2v) is 7.35. The molecule has 0 spiro atoms. The molecule has 0 amide bonds. The van der Waals surface area contributed by atoms with Gasteiger partial charge in [-0.2, -0.15) is 5.10 Å². The molecule has 0 atom stereocenters. The van der Waals surface area contributed by atoms with Crippen molar-refractivity contribution in [3.05, 3.63) is 36.2 Å². The molecule has 0 aliphatic rings. The van der Waals surface area contributed by atoms with E-state index in [2.05, 4.69) is 10.1 Å². The van der Waals surface area contributed by atoms with E-state index in [0.29, 0.717) is 22.3 Å². The number of hydrogen-bond donors (Lipinski definition) is 1. The second kappa shape index (κ2) is 6.38. The highest BCUT2D eigenvalue weighted by atomic mass is 32.2. The highest BCUT2D eigenvalue weighted by Crippen LogP contribution is 2.17. The Bertz CT molecular complexity index is 665. The molecule has 0 aliphatic carbocycles. The fourth-order valence-corrected chi connectivity index (χ4v) is 4.15. The first-order valence-electron chi connectivity index (χ1n) is 6.01. The van der Waals surface area contributed by atoms with Crippen LogP contribution >= 0.6 is 11.8 Å². The molecule has 0 saturated heterocycles. The van der Waals surface area contributed by atoms with Crippen molar-refractivity contribution >= 4 is 21.6 Å². The van der Waals surface area contributed by atoms with Crippen LogP contribution < -0.4 is 5.73 Å². The Hall–Kier alpha value is -1.38. The molecule has 108 valence electrons. The van der Waals surface area contributed by atoms with Crippen LogP contribution in [0.2, 0.25) is 0 Å². The first kappa shape index (κ1) is 15.0. The minimum atomic E-state index is -3.27. The number of sulfone groups is 1. The zero-order chi connectivity index (χ0) is 14.6. The molecule has 6 nitrogen and oxygen atoms in total. The first-order valence-corrected chi connectivity index (χ1v) is 8.65. The van der Waals surface area contributed by atoms with Gasteiger partial charge in [0.25, 0.3) is 0 Å². The smallest absolute Gasteiger partial charge is 0.185 e. The van der Waals surface area contributed by atoms with Crippen LogP contribution in [0.15, 0.2) is 40.6 Å². The Labute approximate surface area is 122 Å². The van der Waals surface area contributed by atoms with Gasteiger partial charge in [0.15, 0.2) is 15.0 Å². The van der Waals surface area contributed by atoms with Gasteiger partial charge in [-0.25, -0.2) is 18.1 Å². The lowest BCUT2D eigenvalue weighted by molar-refractivity contribution is 0.597. The van der Waals surface area contributed by atoms with Crippen LogP contribution in [-0.2, 0) is 23.4 Å². The SMILES string of the molecule is Cn1ncnc1SCCS(=O)(=O)c1ccc(CN)cc1. The van der Waals surface area contributed by atoms with Gasteiger partial charge in [0.2, 0.25) is 0 Å². The lowest BCUT2D eigenvalue weighted by Gasteiger charge is -2.05. The zero-order valence-electron chi connectivity index (χ0n) is 11.1. The van der Waals surface area contributed by atoms with Crippen LogP contribution in [0.4, 0.5) is 0 Å². The van der Waals surface area contributed by atoms with Crippen molar-refractivity contribution in [3.8, 4) is 0 Å². The molecule has 8 heteroatoms. The Morgan fingerprint density at radius 2 is 2.00 bits per heavy atom. The molecule has 2 aromatic rings. The van der Waals surface area contributed by atoms with Gasteiger partial charge in [-0.1, -0.05) is 23.9 Å². The molecular weight excluding hydrogens is 296 g/mol. The minimum absolute atomic E-state index is 0.0620. The molecule has 20 heavy (non-hydrogen) atoms. The van der Waals surface area contributed by atoms with Gasteiger partial charge >= 0.3 is 0 Å². The number of thioether (sulfide) groups is 1. The van der Waals surface area contributed by atoms with E-state index in [0.717, 1.165) is 5.56 Å². The van der Waals surface area contributed by atoms with Crippen molar-refractivity contribution in [1.82, 2.24) is 14.8 Å². The van der Waals surface area contributed by atoms with Crippen LogP contribution in [0.25, 0.3) is 0 Å². The predicted molar refractivity (Wildman–Crippen MR) is 78.1 cm³/mol. The van der Waals surface area contributed by atoms with E-state index in [9.17, 15) is 8.42 Å². The van der Waals surface area contributed by atoms with Crippen molar-refractivity contribution in [1.29, 1.82) is 0 Å². The monoisotopic (exact) mass is 312 g/mol. The van der Waals surface area contributed by atoms with E-state index in [1.165, 1.54) is 18.1 Å². The van der Waals surface area contributed by atoms with Gasteiger partial charge in [0.05, 0.1) is 10.6 Å². The average molecular weight is 312 g/mol. The molecule has 1 aromatic carbocycles. The van der Waals surface area contributed by atoms with E-state index in [-0.39, 0.29) is 5.75 Å². The molecule has 0 fully saturated rings. The van der Waals surface area contributed by atoms with E-state index in [1.807, 2.05) is 0 Å². The third-order valence-electron chi connectivity index (χ3n) is 2.77. The normalized spacial score (nSPS) is 11.7. The van der Waals surface area contributed by atoms with Crippen LogP contribution in [-0.4, -0.2) is 34.7 Å². The fourth-order valence-electron chi connectivity index (χ4n) is 1.61. The molecule has 0 radical (unpaired) electrons. The molecule has 1 heterocycles. The van der Waals surface area contributed by atoms with Crippen LogP contribution in [0, 0.1) is 0 Å². The van der Waals surface area contributed by atoms with Crippen molar-refractivity contribution in [2.24, 2.45) is 12.8 Å². The number of nitrogens with zero attached hydrogens (tertiary/aromatic N) is 3. The lowest BCUT2D eigenvalue weighted by atomic mass is 10.2. The van der Waals surface area contributed by atoms with Crippen LogP contribution in [0.3, 0.4) is 0 Å². The number of benzene rings is 1. The van der Waals surface area contributed by atoms with Crippen molar-refractivity contribution in [2.45, 2.75) is 16.6 Å². The summed E-state index contributed by atoms with van der Waals surface area (Å²) >= 11 is 1.37. The summed E-state index contributed by atoms with van der Waals surface area (Å²) in [5, 5.41) is 4.64. The van der Waals surface area contributed by atoms with E-state index in [1.54, 1.807) is 36.0 Å². The van der Waals surface area contributed by atoms with Gasteiger partial charge in [-0.3, -0.25) is 0 Å². The number of aryl methyl sites for hydroxylation is 1. The summed E-state index contributed by atoms with van der Waals surface area (Å²) in [6.07, 6.45) is 1.45. The number of hydrogen-bond acceptors (Lipinski definition) is 6. The van der Waals surface area contributed by atoms with Crippen molar-refractivity contribution in [3.63, 3.8) is 0 Å². The van der Waals surface area contributed by atoms with Crippen LogP contribution in [0.1, 0.15) is 5.56 Å². The Kier molecular flexibility index (Phi) is 4.79. The minimum Gasteiger partial charge on any atom is -0.326 e. The van der Waals surface area contributed by atoms with E-state index in [4.69, 9.17) is 5.73 Å². The van der Waals surface area contributed by atoms with Crippen molar-refractivity contribution in [2.75, 3.05) is 11.5 Å². The summed E-state index contributed by atoms with van der Waals surface area (Å²) in [6, 6.07) is 6.68. The summed E-state index contributed by atoms with van der Waals surface area (Å²) in [6.45, 7) is 0.405. The molecule has 0 bridgehead atoms. The number of nitrogens with two attached hydrogens (primary N) is 1. The summed E-state index contributed by atoms with van der Waals surface area (Å²) in [7, 11) is -1.50. The van der Waals surface area contributed by atoms with Gasteiger partial charge in [-0.15, -0.1) is 0 Å². The maximum absolute atomic E-state index is 12.2. The van der Waals surface area contributed by atoms with Gasteiger partial charge in [0, 0.05) is 19.3 Å². The average Bonchev–Trinajstić information content (AvgIpc) is 2.84. The van der Waals surface area contributed by atoms with Gasteiger partial charge in [0.1, 0.15) is 6.33 Å². The van der Waals surface area contributed by atoms with Gasteiger partial charge < -0.3 is 5.73 Å². The summed E-state index contributed by atoms with van der Waals surface area (Å²) < 4.78 is 25.9. The third kappa shape index (κ3) is 3.59. The Balaban J connectivity index is 1.98. The largest absolute Gasteiger partial charge is 0.326 e. The summed E-state index contributed by atoms with van der Waals surface area (Å²) in [5.74, 6) is 0.500. The molecular formula is C12H16N4O2S2. The number of aromatic nitrogens is 3. The molecule has 0 unspecified atom stereocenters. The molecule has 0 saturated carbocycles. The fraction of sp³-hybridized carbons (Fsp3) is 0.333. The zero-order valence-corrected chi connectivity index (χ0v) is 12.7. The highest BCUT2D eigenvalue weighted by molar-refractivity contribution is 8.00. The van der Waals surface area contributed by atoms with Crippen LogP contribution in [0.5, 0.6) is 0 Å². The topological polar surface area (TPSA) is 90.9 Å². The summed E-state index contributed by atoms with van der Waals surface area (Å²) in [4.78, 5) is 4.36.